The van der Waals surface area contributed by atoms with Crippen LogP contribution in [0.2, 0.25) is 0 Å². The summed E-state index contributed by atoms with van der Waals surface area (Å²) in [5.41, 5.74) is 4.24. The molecule has 0 aliphatic heterocycles. The van der Waals surface area contributed by atoms with Gasteiger partial charge in [0.1, 0.15) is 0 Å². The highest BCUT2D eigenvalue weighted by Crippen LogP contribution is 2.18. The average molecular weight is 219 g/mol. The van der Waals surface area contributed by atoms with Crippen LogP contribution >= 0.6 is 0 Å². The van der Waals surface area contributed by atoms with Gasteiger partial charge in [-0.1, -0.05) is 11.6 Å². The van der Waals surface area contributed by atoms with Gasteiger partial charge < -0.3 is 4.90 Å². The Kier molecular flexibility index (Phi) is 3.74. The second kappa shape index (κ2) is 4.69. The number of rotatable bonds is 2. The zero-order valence-corrected chi connectivity index (χ0v) is 11.1. The number of carbonyl (C=O) groups is 1. The fourth-order valence-corrected chi connectivity index (χ4v) is 1.69. The van der Waals surface area contributed by atoms with Gasteiger partial charge in [0.25, 0.3) is 5.91 Å². The number of amides is 1. The predicted molar refractivity (Wildman–Crippen MR) is 67.9 cm³/mol. The van der Waals surface area contributed by atoms with Gasteiger partial charge in [0.15, 0.2) is 0 Å². The van der Waals surface area contributed by atoms with Gasteiger partial charge in [-0.15, -0.1) is 0 Å². The third-order valence-corrected chi connectivity index (χ3v) is 3.14. The Labute approximate surface area is 98.3 Å². The van der Waals surface area contributed by atoms with Crippen LogP contribution in [0.15, 0.2) is 12.1 Å². The number of hydrogen-bond acceptors (Lipinski definition) is 1. The monoisotopic (exact) mass is 219 g/mol. The molecule has 1 amide bonds. The van der Waals surface area contributed by atoms with E-state index < -0.39 is 0 Å². The Balaban J connectivity index is 3.18. The molecule has 0 bridgehead atoms. The van der Waals surface area contributed by atoms with Gasteiger partial charge in [-0.3, -0.25) is 4.79 Å². The Morgan fingerprint density at radius 2 is 1.75 bits per heavy atom. The molecule has 0 heterocycles. The zero-order chi connectivity index (χ0) is 12.5. The average Bonchev–Trinajstić information content (AvgIpc) is 2.21. The molecule has 0 aliphatic rings. The fraction of sp³-hybridized carbons (Fsp3) is 0.500. The number of benzene rings is 1. The lowest BCUT2D eigenvalue weighted by Crippen LogP contribution is -2.33. The van der Waals surface area contributed by atoms with E-state index in [-0.39, 0.29) is 11.9 Å². The first-order chi connectivity index (χ1) is 7.34. The van der Waals surface area contributed by atoms with Crippen LogP contribution in [0.3, 0.4) is 0 Å². The summed E-state index contributed by atoms with van der Waals surface area (Å²) in [7, 11) is 1.85. The van der Waals surface area contributed by atoms with Crippen LogP contribution in [-0.4, -0.2) is 23.9 Å². The van der Waals surface area contributed by atoms with Crippen molar-refractivity contribution in [1.82, 2.24) is 4.90 Å². The molecule has 88 valence electrons. The maximum atomic E-state index is 12.2. The van der Waals surface area contributed by atoms with Gasteiger partial charge >= 0.3 is 0 Å². The van der Waals surface area contributed by atoms with Crippen LogP contribution < -0.4 is 0 Å². The fourth-order valence-electron chi connectivity index (χ4n) is 1.69. The van der Waals surface area contributed by atoms with Gasteiger partial charge in [0.2, 0.25) is 0 Å². The third-order valence-electron chi connectivity index (χ3n) is 3.14. The first kappa shape index (κ1) is 12.8. The van der Waals surface area contributed by atoms with E-state index in [2.05, 4.69) is 13.0 Å². The molecule has 16 heavy (non-hydrogen) atoms. The molecule has 0 unspecified atom stereocenters. The second-order valence-corrected chi connectivity index (χ2v) is 4.76. The standard InChI is InChI=1S/C14H21NO/c1-9(2)15(6)14(16)13-8-10(3)7-11(4)12(13)5/h7-9H,1-6H3. The maximum Gasteiger partial charge on any atom is 0.254 e. The van der Waals surface area contributed by atoms with E-state index in [9.17, 15) is 4.79 Å². The molecule has 0 N–H and O–H groups in total. The molecular weight excluding hydrogens is 198 g/mol. The lowest BCUT2D eigenvalue weighted by atomic mass is 9.99. The lowest BCUT2D eigenvalue weighted by molar-refractivity contribution is 0.0754. The van der Waals surface area contributed by atoms with Crippen molar-refractivity contribution in [2.75, 3.05) is 7.05 Å². The Morgan fingerprint density at radius 1 is 1.19 bits per heavy atom. The second-order valence-electron chi connectivity index (χ2n) is 4.76. The van der Waals surface area contributed by atoms with Crippen LogP contribution in [0.5, 0.6) is 0 Å². The molecule has 1 aromatic carbocycles. The van der Waals surface area contributed by atoms with E-state index in [1.165, 1.54) is 5.56 Å². The quantitative estimate of drug-likeness (QED) is 0.748. The lowest BCUT2D eigenvalue weighted by Gasteiger charge is -2.23. The van der Waals surface area contributed by atoms with Gasteiger partial charge in [-0.2, -0.15) is 0 Å². The van der Waals surface area contributed by atoms with E-state index in [1.54, 1.807) is 4.90 Å². The van der Waals surface area contributed by atoms with E-state index >= 15 is 0 Å². The van der Waals surface area contributed by atoms with E-state index in [0.29, 0.717) is 0 Å². The Morgan fingerprint density at radius 3 is 2.25 bits per heavy atom. The highest BCUT2D eigenvalue weighted by molar-refractivity contribution is 5.96. The largest absolute Gasteiger partial charge is 0.339 e. The van der Waals surface area contributed by atoms with Crippen molar-refractivity contribution in [3.05, 3.63) is 34.4 Å². The smallest absolute Gasteiger partial charge is 0.254 e. The summed E-state index contributed by atoms with van der Waals surface area (Å²) in [6.45, 7) is 10.1. The molecule has 0 saturated heterocycles. The van der Waals surface area contributed by atoms with Crippen molar-refractivity contribution < 1.29 is 4.79 Å². The van der Waals surface area contributed by atoms with Crippen molar-refractivity contribution in [1.29, 1.82) is 0 Å². The van der Waals surface area contributed by atoms with Crippen LogP contribution in [-0.2, 0) is 0 Å². The summed E-state index contributed by atoms with van der Waals surface area (Å²) < 4.78 is 0. The first-order valence-electron chi connectivity index (χ1n) is 5.69. The minimum atomic E-state index is 0.110. The predicted octanol–water partition coefficient (Wildman–Crippen LogP) is 3.09. The Bertz CT molecular complexity index is 407. The number of nitrogens with zero attached hydrogens (tertiary/aromatic N) is 1. The van der Waals surface area contributed by atoms with Crippen molar-refractivity contribution in [2.45, 2.75) is 40.7 Å². The van der Waals surface area contributed by atoms with Gasteiger partial charge in [0.05, 0.1) is 0 Å². The van der Waals surface area contributed by atoms with Gasteiger partial charge in [0, 0.05) is 18.7 Å². The summed E-state index contributed by atoms with van der Waals surface area (Å²) >= 11 is 0. The summed E-state index contributed by atoms with van der Waals surface area (Å²) in [6, 6.07) is 4.32. The molecule has 0 fully saturated rings. The van der Waals surface area contributed by atoms with Crippen molar-refractivity contribution in [3.8, 4) is 0 Å². The third kappa shape index (κ3) is 2.43. The van der Waals surface area contributed by atoms with Crippen LogP contribution in [0.4, 0.5) is 0 Å². The molecule has 0 aromatic heterocycles. The highest BCUT2D eigenvalue weighted by atomic mass is 16.2. The van der Waals surface area contributed by atoms with Gasteiger partial charge in [-0.25, -0.2) is 0 Å². The molecule has 0 aliphatic carbocycles. The number of aryl methyl sites for hydroxylation is 2. The molecule has 1 aromatic rings. The molecule has 2 nitrogen and oxygen atoms in total. The molecule has 0 spiro atoms. The van der Waals surface area contributed by atoms with E-state index in [0.717, 1.165) is 16.7 Å². The molecule has 0 atom stereocenters. The summed E-state index contributed by atoms with van der Waals surface area (Å²) in [4.78, 5) is 14.0. The SMILES string of the molecule is Cc1cc(C)c(C)c(C(=O)N(C)C(C)C)c1. The van der Waals surface area contributed by atoms with Crippen molar-refractivity contribution in [3.63, 3.8) is 0 Å². The molecule has 0 radical (unpaired) electrons. The summed E-state index contributed by atoms with van der Waals surface area (Å²) in [6.07, 6.45) is 0. The maximum absolute atomic E-state index is 12.2. The van der Waals surface area contributed by atoms with E-state index in [1.807, 2.05) is 40.8 Å². The van der Waals surface area contributed by atoms with E-state index in [4.69, 9.17) is 0 Å². The molecule has 1 rings (SSSR count). The highest BCUT2D eigenvalue weighted by Gasteiger charge is 2.17. The molecule has 0 saturated carbocycles. The normalized spacial score (nSPS) is 10.7. The Hall–Kier alpha value is -1.31. The van der Waals surface area contributed by atoms with Crippen molar-refractivity contribution >= 4 is 5.91 Å². The number of carbonyl (C=O) groups excluding carboxylic acids is 1. The number of hydrogen-bond donors (Lipinski definition) is 0. The minimum Gasteiger partial charge on any atom is -0.339 e. The molecule has 2 heteroatoms. The van der Waals surface area contributed by atoms with Crippen LogP contribution in [0, 0.1) is 20.8 Å². The topological polar surface area (TPSA) is 20.3 Å². The zero-order valence-electron chi connectivity index (χ0n) is 11.1. The minimum absolute atomic E-state index is 0.110. The van der Waals surface area contributed by atoms with Crippen LogP contribution in [0.25, 0.3) is 0 Å². The first-order valence-corrected chi connectivity index (χ1v) is 5.69. The molecular formula is C14H21NO. The summed E-state index contributed by atoms with van der Waals surface area (Å²) in [5, 5.41) is 0. The van der Waals surface area contributed by atoms with Crippen LogP contribution in [0.1, 0.15) is 40.9 Å². The summed E-state index contributed by atoms with van der Waals surface area (Å²) in [5.74, 6) is 0.110. The van der Waals surface area contributed by atoms with Crippen molar-refractivity contribution in [2.24, 2.45) is 0 Å². The van der Waals surface area contributed by atoms with Gasteiger partial charge in [-0.05, 0) is 51.8 Å².